The van der Waals surface area contributed by atoms with E-state index in [9.17, 15) is 4.39 Å². The number of ether oxygens (including phenoxy) is 2. The zero-order valence-electron chi connectivity index (χ0n) is 15.2. The van der Waals surface area contributed by atoms with E-state index in [1.54, 1.807) is 13.0 Å². The number of halogens is 1. The van der Waals surface area contributed by atoms with E-state index < -0.39 is 0 Å². The molecule has 2 aliphatic heterocycles. The van der Waals surface area contributed by atoms with Crippen molar-refractivity contribution in [3.8, 4) is 11.4 Å². The van der Waals surface area contributed by atoms with E-state index in [-0.39, 0.29) is 18.1 Å². The van der Waals surface area contributed by atoms with Crippen molar-refractivity contribution in [1.82, 2.24) is 15.0 Å². The normalized spacial score (nSPS) is 21.3. The van der Waals surface area contributed by atoms with E-state index in [1.807, 2.05) is 6.07 Å². The molecular weight excluding hydrogens is 337 g/mol. The molecule has 1 aromatic carbocycles. The van der Waals surface area contributed by atoms with Gasteiger partial charge < -0.3 is 14.0 Å². The van der Waals surface area contributed by atoms with Crippen molar-refractivity contribution in [1.29, 1.82) is 0 Å². The fraction of sp³-hybridized carbons (Fsp3) is 0.579. The quantitative estimate of drug-likeness (QED) is 0.832. The van der Waals surface area contributed by atoms with Gasteiger partial charge in [0, 0.05) is 11.5 Å². The van der Waals surface area contributed by atoms with Crippen molar-refractivity contribution >= 4 is 0 Å². The number of hydrogen-bond acceptors (Lipinski definition) is 6. The lowest BCUT2D eigenvalue weighted by Gasteiger charge is -2.35. The van der Waals surface area contributed by atoms with E-state index in [0.717, 1.165) is 25.9 Å². The summed E-state index contributed by atoms with van der Waals surface area (Å²) < 4.78 is 30.5. The van der Waals surface area contributed by atoms with E-state index in [1.165, 1.54) is 6.07 Å². The molecule has 0 aliphatic carbocycles. The molecule has 2 saturated heterocycles. The Hall–Kier alpha value is -1.83. The van der Waals surface area contributed by atoms with Crippen LogP contribution in [0.5, 0.6) is 0 Å². The maximum Gasteiger partial charge on any atom is 0.244 e. The topological polar surface area (TPSA) is 60.6 Å². The largest absolute Gasteiger partial charge is 0.350 e. The van der Waals surface area contributed by atoms with Crippen LogP contribution in [0.4, 0.5) is 4.39 Å². The summed E-state index contributed by atoms with van der Waals surface area (Å²) in [4.78, 5) is 6.82. The number of hydrogen-bond donors (Lipinski definition) is 0. The smallest absolute Gasteiger partial charge is 0.244 e. The standard InChI is InChI=1S/C19H24FN3O3/c1-12-3-4-15(11-16(12)20)17-21-18(26-22-17)13(2)23-7-5-14(6-8-23)19-24-9-10-25-19/h3-4,11,13-14,19H,5-10H2,1-2H3. The Bertz CT molecular complexity index is 752. The molecule has 3 heterocycles. The number of nitrogens with zero attached hydrogens (tertiary/aromatic N) is 3. The SMILES string of the molecule is Cc1ccc(-c2noc(C(C)N3CCC(C4OCCO4)CC3)n2)cc1F. The first-order valence-electron chi connectivity index (χ1n) is 9.19. The van der Waals surface area contributed by atoms with Gasteiger partial charge in [-0.15, -0.1) is 0 Å². The summed E-state index contributed by atoms with van der Waals surface area (Å²) in [6.07, 6.45) is 2.01. The van der Waals surface area contributed by atoms with Gasteiger partial charge in [-0.3, -0.25) is 4.90 Å². The van der Waals surface area contributed by atoms with Gasteiger partial charge in [-0.2, -0.15) is 4.98 Å². The number of rotatable bonds is 4. The molecule has 1 atom stereocenters. The van der Waals surface area contributed by atoms with E-state index >= 15 is 0 Å². The number of benzene rings is 1. The predicted octanol–water partition coefficient (Wildman–Crippen LogP) is 3.33. The molecule has 140 valence electrons. The fourth-order valence-electron chi connectivity index (χ4n) is 3.64. The van der Waals surface area contributed by atoms with Crippen LogP contribution in [0.25, 0.3) is 11.4 Å². The molecule has 7 heteroatoms. The Morgan fingerprint density at radius 2 is 1.92 bits per heavy atom. The molecule has 2 fully saturated rings. The average Bonchev–Trinajstić information content (AvgIpc) is 3.36. The van der Waals surface area contributed by atoms with Gasteiger partial charge in [-0.1, -0.05) is 17.3 Å². The second kappa shape index (κ2) is 7.42. The zero-order valence-corrected chi connectivity index (χ0v) is 15.2. The van der Waals surface area contributed by atoms with Crippen LogP contribution in [0.2, 0.25) is 0 Å². The minimum atomic E-state index is -0.264. The Kier molecular flexibility index (Phi) is 5.02. The summed E-state index contributed by atoms with van der Waals surface area (Å²) in [5.74, 6) is 1.18. The van der Waals surface area contributed by atoms with Gasteiger partial charge in [0.2, 0.25) is 11.7 Å². The van der Waals surface area contributed by atoms with Crippen molar-refractivity contribution in [2.45, 2.75) is 39.0 Å². The first kappa shape index (κ1) is 17.6. The molecule has 1 aromatic heterocycles. The second-order valence-corrected chi connectivity index (χ2v) is 7.08. The van der Waals surface area contributed by atoms with E-state index in [2.05, 4.69) is 22.0 Å². The van der Waals surface area contributed by atoms with Crippen molar-refractivity contribution < 1.29 is 18.4 Å². The van der Waals surface area contributed by atoms with Gasteiger partial charge in [0.05, 0.1) is 19.3 Å². The molecule has 0 amide bonds. The number of aromatic nitrogens is 2. The van der Waals surface area contributed by atoms with Gasteiger partial charge in [0.1, 0.15) is 5.82 Å². The molecule has 0 saturated carbocycles. The van der Waals surface area contributed by atoms with Gasteiger partial charge >= 0.3 is 0 Å². The molecule has 4 rings (SSSR count). The average molecular weight is 361 g/mol. The Balaban J connectivity index is 1.40. The Labute approximate surface area is 152 Å². The number of likely N-dealkylation sites (tertiary alicyclic amines) is 1. The molecule has 0 spiro atoms. The van der Waals surface area contributed by atoms with Crippen molar-refractivity contribution in [2.75, 3.05) is 26.3 Å². The minimum Gasteiger partial charge on any atom is -0.350 e. The van der Waals surface area contributed by atoms with Crippen molar-refractivity contribution in [3.63, 3.8) is 0 Å². The first-order chi connectivity index (χ1) is 12.6. The Morgan fingerprint density at radius 3 is 2.62 bits per heavy atom. The fourth-order valence-corrected chi connectivity index (χ4v) is 3.64. The molecule has 2 aliphatic rings. The summed E-state index contributed by atoms with van der Waals surface area (Å²) in [6, 6.07) is 5.01. The summed E-state index contributed by atoms with van der Waals surface area (Å²) in [6.45, 7) is 7.07. The second-order valence-electron chi connectivity index (χ2n) is 7.08. The van der Waals surface area contributed by atoms with Crippen LogP contribution in [0.15, 0.2) is 22.7 Å². The summed E-state index contributed by atoms with van der Waals surface area (Å²) in [7, 11) is 0. The van der Waals surface area contributed by atoms with E-state index in [0.29, 0.717) is 42.0 Å². The van der Waals surface area contributed by atoms with E-state index in [4.69, 9.17) is 14.0 Å². The first-order valence-corrected chi connectivity index (χ1v) is 9.19. The third-order valence-electron chi connectivity index (χ3n) is 5.38. The third kappa shape index (κ3) is 3.51. The maximum absolute atomic E-state index is 13.8. The highest BCUT2D eigenvalue weighted by atomic mass is 19.1. The molecule has 26 heavy (non-hydrogen) atoms. The third-order valence-corrected chi connectivity index (χ3v) is 5.38. The van der Waals surface area contributed by atoms with Crippen LogP contribution in [0.3, 0.4) is 0 Å². The molecule has 0 radical (unpaired) electrons. The molecule has 1 unspecified atom stereocenters. The van der Waals surface area contributed by atoms with Gasteiger partial charge in [0.15, 0.2) is 6.29 Å². The van der Waals surface area contributed by atoms with Crippen LogP contribution in [0.1, 0.15) is 37.3 Å². The van der Waals surface area contributed by atoms with Gasteiger partial charge in [0.25, 0.3) is 0 Å². The number of piperidine rings is 1. The summed E-state index contributed by atoms with van der Waals surface area (Å²) in [5, 5.41) is 4.03. The predicted molar refractivity (Wildman–Crippen MR) is 92.8 cm³/mol. The summed E-state index contributed by atoms with van der Waals surface area (Å²) in [5.41, 5.74) is 1.23. The molecule has 6 nitrogen and oxygen atoms in total. The zero-order chi connectivity index (χ0) is 18.1. The molecule has 0 N–H and O–H groups in total. The highest BCUT2D eigenvalue weighted by molar-refractivity contribution is 5.54. The summed E-state index contributed by atoms with van der Waals surface area (Å²) >= 11 is 0. The van der Waals surface area contributed by atoms with Crippen LogP contribution in [0, 0.1) is 18.7 Å². The minimum absolute atomic E-state index is 0.0258. The van der Waals surface area contributed by atoms with Gasteiger partial charge in [-0.25, -0.2) is 4.39 Å². The van der Waals surface area contributed by atoms with Crippen LogP contribution in [-0.2, 0) is 9.47 Å². The lowest BCUT2D eigenvalue weighted by atomic mass is 9.95. The lowest BCUT2D eigenvalue weighted by molar-refractivity contribution is -0.0997. The highest BCUT2D eigenvalue weighted by Crippen LogP contribution is 2.30. The Morgan fingerprint density at radius 1 is 1.19 bits per heavy atom. The maximum atomic E-state index is 13.8. The highest BCUT2D eigenvalue weighted by Gasteiger charge is 2.33. The molecular formula is C19H24FN3O3. The van der Waals surface area contributed by atoms with Crippen molar-refractivity contribution in [3.05, 3.63) is 35.5 Å². The monoisotopic (exact) mass is 361 g/mol. The van der Waals surface area contributed by atoms with Crippen LogP contribution >= 0.6 is 0 Å². The van der Waals surface area contributed by atoms with Crippen LogP contribution < -0.4 is 0 Å². The van der Waals surface area contributed by atoms with Gasteiger partial charge in [-0.05, 0) is 51.4 Å². The van der Waals surface area contributed by atoms with Crippen molar-refractivity contribution in [2.24, 2.45) is 5.92 Å². The lowest BCUT2D eigenvalue weighted by Crippen LogP contribution is -2.39. The molecule has 0 bridgehead atoms. The molecule has 2 aromatic rings. The van der Waals surface area contributed by atoms with Crippen LogP contribution in [-0.4, -0.2) is 47.6 Å². The number of aryl methyl sites for hydroxylation is 1.